The van der Waals surface area contributed by atoms with Crippen molar-refractivity contribution in [1.29, 1.82) is 0 Å². The largest absolute Gasteiger partial charge is 0.384 e. The van der Waals surface area contributed by atoms with Crippen molar-refractivity contribution in [2.45, 2.75) is 45.9 Å². The predicted octanol–water partition coefficient (Wildman–Crippen LogP) is 1.75. The lowest BCUT2D eigenvalue weighted by Gasteiger charge is -2.15. The van der Waals surface area contributed by atoms with Crippen LogP contribution in [0.15, 0.2) is 12.5 Å². The zero-order valence-corrected chi connectivity index (χ0v) is 9.68. The Labute approximate surface area is 90.9 Å². The highest BCUT2D eigenvalue weighted by atomic mass is 16.5. The number of nitrogens with zero attached hydrogens (tertiary/aromatic N) is 2. The van der Waals surface area contributed by atoms with Crippen LogP contribution in [0.2, 0.25) is 0 Å². The summed E-state index contributed by atoms with van der Waals surface area (Å²) in [4.78, 5) is 4.04. The maximum atomic E-state index is 9.88. The van der Waals surface area contributed by atoms with E-state index in [0.29, 0.717) is 6.61 Å². The Bertz CT molecular complexity index is 284. The van der Waals surface area contributed by atoms with Crippen LogP contribution in [0.1, 0.15) is 39.0 Å². The molecule has 0 aromatic carbocycles. The Morgan fingerprint density at radius 2 is 2.27 bits per heavy atom. The molecule has 4 heteroatoms. The van der Waals surface area contributed by atoms with Gasteiger partial charge in [0.1, 0.15) is 6.10 Å². The third-order valence-corrected chi connectivity index (χ3v) is 2.14. The van der Waals surface area contributed by atoms with Crippen molar-refractivity contribution in [3.8, 4) is 0 Å². The molecule has 0 saturated carbocycles. The van der Waals surface area contributed by atoms with Crippen LogP contribution in [-0.2, 0) is 11.3 Å². The van der Waals surface area contributed by atoms with Crippen molar-refractivity contribution in [2.75, 3.05) is 6.61 Å². The fourth-order valence-electron chi connectivity index (χ4n) is 1.41. The molecule has 0 saturated heterocycles. The predicted molar refractivity (Wildman–Crippen MR) is 58.6 cm³/mol. The Balaban J connectivity index is 2.56. The normalized spacial score (nSPS) is 13.4. The number of rotatable bonds is 6. The van der Waals surface area contributed by atoms with Gasteiger partial charge in [0.15, 0.2) is 0 Å². The van der Waals surface area contributed by atoms with Crippen molar-refractivity contribution in [3.63, 3.8) is 0 Å². The van der Waals surface area contributed by atoms with E-state index in [1.165, 1.54) is 0 Å². The summed E-state index contributed by atoms with van der Waals surface area (Å²) in [7, 11) is 0. The van der Waals surface area contributed by atoms with Crippen LogP contribution < -0.4 is 0 Å². The van der Waals surface area contributed by atoms with Crippen molar-refractivity contribution < 1.29 is 9.84 Å². The van der Waals surface area contributed by atoms with E-state index in [0.717, 1.165) is 18.7 Å². The van der Waals surface area contributed by atoms with Crippen LogP contribution in [0, 0.1) is 0 Å². The minimum absolute atomic E-state index is 0.141. The van der Waals surface area contributed by atoms with Gasteiger partial charge in [-0.25, -0.2) is 4.98 Å². The number of hydrogen-bond donors (Lipinski definition) is 1. The van der Waals surface area contributed by atoms with Gasteiger partial charge in [-0.15, -0.1) is 0 Å². The van der Waals surface area contributed by atoms with Crippen LogP contribution in [0.5, 0.6) is 0 Å². The summed E-state index contributed by atoms with van der Waals surface area (Å²) in [5, 5.41) is 9.88. The molecule has 1 heterocycles. The number of aryl methyl sites for hydroxylation is 1. The van der Waals surface area contributed by atoms with E-state index in [4.69, 9.17) is 4.74 Å². The quantitative estimate of drug-likeness (QED) is 0.781. The molecule has 86 valence electrons. The molecule has 1 rings (SSSR count). The standard InChI is InChI=1S/C11H20N2O2/c1-4-5-13-8-12-6-10(13)11(14)7-15-9(2)3/h6,8-9,11,14H,4-5,7H2,1-3H3. The summed E-state index contributed by atoms with van der Waals surface area (Å²) >= 11 is 0. The summed E-state index contributed by atoms with van der Waals surface area (Å²) in [6, 6.07) is 0. The molecule has 0 spiro atoms. The first-order valence-corrected chi connectivity index (χ1v) is 5.44. The first-order valence-electron chi connectivity index (χ1n) is 5.44. The van der Waals surface area contributed by atoms with E-state index in [-0.39, 0.29) is 6.10 Å². The van der Waals surface area contributed by atoms with Crippen molar-refractivity contribution >= 4 is 0 Å². The van der Waals surface area contributed by atoms with Crippen molar-refractivity contribution in [1.82, 2.24) is 9.55 Å². The topological polar surface area (TPSA) is 47.3 Å². The summed E-state index contributed by atoms with van der Waals surface area (Å²) < 4.78 is 7.34. The number of aromatic nitrogens is 2. The van der Waals surface area contributed by atoms with E-state index in [9.17, 15) is 5.11 Å². The van der Waals surface area contributed by atoms with Crippen LogP contribution in [0.25, 0.3) is 0 Å². The average Bonchev–Trinajstić information content (AvgIpc) is 2.63. The number of aliphatic hydroxyl groups excluding tert-OH is 1. The van der Waals surface area contributed by atoms with Gasteiger partial charge >= 0.3 is 0 Å². The molecule has 4 nitrogen and oxygen atoms in total. The first kappa shape index (κ1) is 12.2. The van der Waals surface area contributed by atoms with Gasteiger partial charge in [0.2, 0.25) is 0 Å². The van der Waals surface area contributed by atoms with Crippen LogP contribution in [0.3, 0.4) is 0 Å². The molecule has 15 heavy (non-hydrogen) atoms. The number of hydrogen-bond acceptors (Lipinski definition) is 3. The second-order valence-corrected chi connectivity index (χ2v) is 3.91. The van der Waals surface area contributed by atoms with Crippen molar-refractivity contribution in [3.05, 3.63) is 18.2 Å². The van der Waals surface area contributed by atoms with E-state index in [1.807, 2.05) is 18.4 Å². The Morgan fingerprint density at radius 1 is 1.53 bits per heavy atom. The second kappa shape index (κ2) is 5.88. The molecule has 0 aliphatic carbocycles. The molecule has 1 aromatic rings. The third kappa shape index (κ3) is 3.64. The molecule has 0 bridgehead atoms. The number of aliphatic hydroxyl groups is 1. The van der Waals surface area contributed by atoms with Gasteiger partial charge in [-0.05, 0) is 20.3 Å². The van der Waals surface area contributed by atoms with Crippen molar-refractivity contribution in [2.24, 2.45) is 0 Å². The van der Waals surface area contributed by atoms with E-state index in [1.54, 1.807) is 12.5 Å². The zero-order chi connectivity index (χ0) is 11.3. The van der Waals surface area contributed by atoms with E-state index < -0.39 is 6.10 Å². The third-order valence-electron chi connectivity index (χ3n) is 2.14. The molecule has 1 aromatic heterocycles. The van der Waals surface area contributed by atoms with Gasteiger partial charge < -0.3 is 14.4 Å². The maximum Gasteiger partial charge on any atom is 0.119 e. The van der Waals surface area contributed by atoms with Crippen LogP contribution in [0.4, 0.5) is 0 Å². The SMILES string of the molecule is CCCn1cncc1C(O)COC(C)C. The monoisotopic (exact) mass is 212 g/mol. The van der Waals surface area contributed by atoms with Crippen LogP contribution >= 0.6 is 0 Å². The summed E-state index contributed by atoms with van der Waals surface area (Å²) in [5.41, 5.74) is 0.831. The van der Waals surface area contributed by atoms with Gasteiger partial charge in [-0.2, -0.15) is 0 Å². The average molecular weight is 212 g/mol. The molecule has 0 fully saturated rings. The molecule has 1 N–H and O–H groups in total. The lowest BCUT2D eigenvalue weighted by atomic mass is 10.2. The molecule has 0 radical (unpaired) electrons. The van der Waals surface area contributed by atoms with Crippen LogP contribution in [-0.4, -0.2) is 27.4 Å². The summed E-state index contributed by atoms with van der Waals surface area (Å²) in [6.45, 7) is 7.22. The Hall–Kier alpha value is -0.870. The molecular formula is C11H20N2O2. The maximum absolute atomic E-state index is 9.88. The molecule has 0 amide bonds. The molecular weight excluding hydrogens is 192 g/mol. The number of ether oxygens (including phenoxy) is 1. The fourth-order valence-corrected chi connectivity index (χ4v) is 1.41. The molecule has 0 aliphatic heterocycles. The lowest BCUT2D eigenvalue weighted by molar-refractivity contribution is 0.00187. The number of imidazole rings is 1. The highest BCUT2D eigenvalue weighted by Gasteiger charge is 2.13. The van der Waals surface area contributed by atoms with Gasteiger partial charge in [0.25, 0.3) is 0 Å². The minimum Gasteiger partial charge on any atom is -0.384 e. The van der Waals surface area contributed by atoms with Gasteiger partial charge in [0.05, 0.1) is 30.9 Å². The molecule has 1 unspecified atom stereocenters. The Kier molecular flexibility index (Phi) is 4.78. The summed E-state index contributed by atoms with van der Waals surface area (Å²) in [6.07, 6.45) is 4.03. The zero-order valence-electron chi connectivity index (χ0n) is 9.68. The van der Waals surface area contributed by atoms with E-state index in [2.05, 4.69) is 11.9 Å². The minimum atomic E-state index is -0.582. The first-order chi connectivity index (χ1) is 7.15. The van der Waals surface area contributed by atoms with Gasteiger partial charge in [0, 0.05) is 6.54 Å². The second-order valence-electron chi connectivity index (χ2n) is 3.91. The highest BCUT2D eigenvalue weighted by Crippen LogP contribution is 2.13. The highest BCUT2D eigenvalue weighted by molar-refractivity contribution is 5.02. The van der Waals surface area contributed by atoms with Gasteiger partial charge in [-0.1, -0.05) is 6.92 Å². The fraction of sp³-hybridized carbons (Fsp3) is 0.727. The molecule has 0 aliphatic rings. The molecule has 1 atom stereocenters. The van der Waals surface area contributed by atoms with E-state index >= 15 is 0 Å². The Morgan fingerprint density at radius 3 is 2.87 bits per heavy atom. The smallest absolute Gasteiger partial charge is 0.119 e. The summed E-state index contributed by atoms with van der Waals surface area (Å²) in [5.74, 6) is 0. The lowest BCUT2D eigenvalue weighted by Crippen LogP contribution is -2.15. The van der Waals surface area contributed by atoms with Gasteiger partial charge in [-0.3, -0.25) is 0 Å².